The van der Waals surface area contributed by atoms with Crippen LogP contribution in [0.25, 0.3) is 6.08 Å². The normalized spacial score (nSPS) is 21.2. The van der Waals surface area contributed by atoms with Gasteiger partial charge in [-0.2, -0.15) is 12.6 Å². The topological polar surface area (TPSA) is 51.3 Å². The Bertz CT molecular complexity index is 564. The molecule has 2 heterocycles. The summed E-state index contributed by atoms with van der Waals surface area (Å²) in [5.41, 5.74) is 0.570. The van der Waals surface area contributed by atoms with Crippen molar-refractivity contribution >= 4 is 25.8 Å². The summed E-state index contributed by atoms with van der Waals surface area (Å²) in [6.07, 6.45) is 5.06. The molecule has 0 atom stereocenters. The molecule has 2 rings (SSSR count). The first-order valence-electron chi connectivity index (χ1n) is 6.61. The lowest BCUT2D eigenvalue weighted by molar-refractivity contribution is 0.00578. The zero-order valence-electron chi connectivity index (χ0n) is 12.3. The first-order chi connectivity index (χ1) is 9.27. The van der Waals surface area contributed by atoms with Crippen LogP contribution in [0.3, 0.4) is 0 Å². The molecule has 0 aliphatic carbocycles. The van der Waals surface area contributed by atoms with Gasteiger partial charge in [-0.25, -0.2) is 0 Å². The van der Waals surface area contributed by atoms with Gasteiger partial charge in [-0.3, -0.25) is 4.79 Å². The van der Waals surface area contributed by atoms with Crippen molar-refractivity contribution in [2.75, 3.05) is 5.75 Å². The molecule has 108 valence electrons. The van der Waals surface area contributed by atoms with Gasteiger partial charge in [-0.1, -0.05) is 6.08 Å². The lowest BCUT2D eigenvalue weighted by Gasteiger charge is -2.32. The van der Waals surface area contributed by atoms with Crippen molar-refractivity contribution in [3.8, 4) is 0 Å². The number of thiol groups is 1. The van der Waals surface area contributed by atoms with E-state index in [1.165, 1.54) is 6.07 Å². The molecule has 1 fully saturated rings. The third-order valence-corrected chi connectivity index (χ3v) is 4.30. The summed E-state index contributed by atoms with van der Waals surface area (Å²) in [6, 6.07) is 1.49. The molecule has 20 heavy (non-hydrogen) atoms. The van der Waals surface area contributed by atoms with Gasteiger partial charge in [0, 0.05) is 29.8 Å². The average Bonchev–Trinajstić information content (AvgIpc) is 2.57. The van der Waals surface area contributed by atoms with Gasteiger partial charge >= 0.3 is 7.12 Å². The molecule has 1 N–H and O–H groups in total. The zero-order chi connectivity index (χ0) is 15.0. The van der Waals surface area contributed by atoms with Crippen LogP contribution in [-0.4, -0.2) is 29.1 Å². The fourth-order valence-corrected chi connectivity index (χ4v) is 2.16. The summed E-state index contributed by atoms with van der Waals surface area (Å²) in [6.45, 7) is 7.99. The minimum Gasteiger partial charge on any atom is -0.400 e. The Morgan fingerprint density at radius 3 is 2.45 bits per heavy atom. The van der Waals surface area contributed by atoms with Crippen molar-refractivity contribution in [1.29, 1.82) is 0 Å². The molecule has 0 amide bonds. The summed E-state index contributed by atoms with van der Waals surface area (Å²) < 4.78 is 12.0. The second-order valence-corrected chi connectivity index (χ2v) is 6.25. The van der Waals surface area contributed by atoms with Crippen LogP contribution in [0, 0.1) is 0 Å². The fourth-order valence-electron chi connectivity index (χ4n) is 1.92. The van der Waals surface area contributed by atoms with E-state index in [1.54, 1.807) is 18.5 Å². The maximum atomic E-state index is 11.8. The number of aromatic amines is 1. The van der Waals surface area contributed by atoms with Crippen LogP contribution in [0.15, 0.2) is 28.7 Å². The molecule has 0 bridgehead atoms. The van der Waals surface area contributed by atoms with Gasteiger partial charge < -0.3 is 14.3 Å². The van der Waals surface area contributed by atoms with Gasteiger partial charge in [0.25, 0.3) is 0 Å². The molecule has 4 nitrogen and oxygen atoms in total. The van der Waals surface area contributed by atoms with Crippen molar-refractivity contribution in [2.45, 2.75) is 38.9 Å². The molecule has 1 aromatic heterocycles. The molecule has 0 aromatic carbocycles. The third-order valence-electron chi connectivity index (χ3n) is 3.93. The highest BCUT2D eigenvalue weighted by atomic mass is 32.1. The summed E-state index contributed by atoms with van der Waals surface area (Å²) in [4.78, 5) is 14.7. The fraction of sp³-hybridized carbons (Fsp3) is 0.500. The summed E-state index contributed by atoms with van der Waals surface area (Å²) >= 11 is 4.33. The smallest absolute Gasteiger partial charge is 0.400 e. The molecular weight excluding hydrogens is 273 g/mol. The van der Waals surface area contributed by atoms with Crippen molar-refractivity contribution in [2.24, 2.45) is 0 Å². The predicted octanol–water partition coefficient (Wildman–Crippen LogP) is 2.32. The van der Waals surface area contributed by atoms with Crippen molar-refractivity contribution in [1.82, 2.24) is 4.98 Å². The Labute approximate surface area is 125 Å². The Morgan fingerprint density at radius 1 is 1.35 bits per heavy atom. The minimum atomic E-state index is -0.475. The van der Waals surface area contributed by atoms with E-state index in [-0.39, 0.29) is 5.43 Å². The molecule has 1 saturated heterocycles. The van der Waals surface area contributed by atoms with Crippen LogP contribution >= 0.6 is 12.6 Å². The summed E-state index contributed by atoms with van der Waals surface area (Å²) in [5, 5.41) is 0. The molecular formula is C14H20BNO3S. The molecule has 1 aliphatic heterocycles. The highest BCUT2D eigenvalue weighted by molar-refractivity contribution is 7.80. The van der Waals surface area contributed by atoms with Crippen LogP contribution in [0.5, 0.6) is 0 Å². The average molecular weight is 293 g/mol. The van der Waals surface area contributed by atoms with Gasteiger partial charge in [0.2, 0.25) is 0 Å². The zero-order valence-corrected chi connectivity index (χ0v) is 13.2. The van der Waals surface area contributed by atoms with E-state index in [0.29, 0.717) is 11.3 Å². The van der Waals surface area contributed by atoms with Gasteiger partial charge in [-0.15, -0.1) is 0 Å². The summed E-state index contributed by atoms with van der Waals surface area (Å²) in [5.74, 6) is 0.463. The highest BCUT2D eigenvalue weighted by Gasteiger charge is 2.52. The Balaban J connectivity index is 2.32. The van der Waals surface area contributed by atoms with E-state index in [1.807, 2.05) is 27.7 Å². The molecule has 6 heteroatoms. The van der Waals surface area contributed by atoms with E-state index in [0.717, 1.165) is 5.47 Å². The monoisotopic (exact) mass is 293 g/mol. The maximum absolute atomic E-state index is 11.8. The van der Waals surface area contributed by atoms with E-state index >= 15 is 0 Å². The van der Waals surface area contributed by atoms with Crippen LogP contribution in [0.2, 0.25) is 0 Å². The third kappa shape index (κ3) is 2.87. The number of hydrogen-bond acceptors (Lipinski definition) is 4. The van der Waals surface area contributed by atoms with Crippen molar-refractivity contribution in [3.63, 3.8) is 0 Å². The highest BCUT2D eigenvalue weighted by Crippen LogP contribution is 2.38. The molecule has 0 saturated carbocycles. The Morgan fingerprint density at radius 2 is 1.95 bits per heavy atom. The molecule has 1 aromatic rings. The molecule has 0 unspecified atom stereocenters. The Kier molecular flexibility index (Phi) is 4.18. The van der Waals surface area contributed by atoms with Gasteiger partial charge in [0.15, 0.2) is 5.43 Å². The lowest BCUT2D eigenvalue weighted by Crippen LogP contribution is -2.41. The van der Waals surface area contributed by atoms with E-state index < -0.39 is 18.3 Å². The molecule has 0 spiro atoms. The SMILES string of the molecule is CC1(C)OB(C(=Cc2c[nH]ccc2=O)CS)OC1(C)C. The molecule has 0 radical (unpaired) electrons. The lowest BCUT2D eigenvalue weighted by atomic mass is 9.78. The van der Waals surface area contributed by atoms with E-state index in [2.05, 4.69) is 17.6 Å². The Hall–Kier alpha value is -0.975. The number of hydrogen-bond donors (Lipinski definition) is 2. The number of rotatable bonds is 3. The standard InChI is InChI=1S/C14H20BNO3S/c1-13(2)14(3,4)19-15(18-13)11(9-20)7-10-8-16-6-5-12(10)17/h5-8,20H,9H2,1-4H3,(H,16,17). The number of H-pyrrole nitrogens is 1. The molecule has 1 aliphatic rings. The van der Waals surface area contributed by atoms with Gasteiger partial charge in [-0.05, 0) is 33.2 Å². The first-order valence-corrected chi connectivity index (χ1v) is 7.24. The number of nitrogens with one attached hydrogen (secondary N) is 1. The maximum Gasteiger partial charge on any atom is 0.491 e. The largest absolute Gasteiger partial charge is 0.491 e. The van der Waals surface area contributed by atoms with Crippen molar-refractivity contribution in [3.05, 3.63) is 39.7 Å². The number of pyridine rings is 1. The minimum absolute atomic E-state index is 0.0421. The van der Waals surface area contributed by atoms with Crippen LogP contribution < -0.4 is 5.43 Å². The number of aromatic nitrogens is 1. The first kappa shape index (κ1) is 15.4. The van der Waals surface area contributed by atoms with Crippen LogP contribution in [-0.2, 0) is 9.31 Å². The predicted molar refractivity (Wildman–Crippen MR) is 85.0 cm³/mol. The van der Waals surface area contributed by atoms with E-state index in [4.69, 9.17) is 9.31 Å². The van der Waals surface area contributed by atoms with Gasteiger partial charge in [0.05, 0.1) is 11.2 Å². The van der Waals surface area contributed by atoms with Crippen LogP contribution in [0.4, 0.5) is 0 Å². The summed E-state index contributed by atoms with van der Waals surface area (Å²) in [7, 11) is -0.475. The van der Waals surface area contributed by atoms with E-state index in [9.17, 15) is 4.79 Å². The quantitative estimate of drug-likeness (QED) is 0.664. The van der Waals surface area contributed by atoms with Crippen molar-refractivity contribution < 1.29 is 9.31 Å². The van der Waals surface area contributed by atoms with Gasteiger partial charge in [0.1, 0.15) is 0 Å². The van der Waals surface area contributed by atoms with Crippen LogP contribution in [0.1, 0.15) is 33.3 Å². The second-order valence-electron chi connectivity index (χ2n) is 5.93. The second kappa shape index (κ2) is 5.43.